The van der Waals surface area contributed by atoms with Crippen LogP contribution in [0.5, 0.6) is 0 Å². The van der Waals surface area contributed by atoms with E-state index in [-0.39, 0.29) is 0 Å². The molecule has 1 heterocycles. The maximum absolute atomic E-state index is 12.9. The molecular formula is C15H31N3O2S. The molecule has 1 unspecified atom stereocenters. The summed E-state index contributed by atoms with van der Waals surface area (Å²) in [5.74, 6) is 0.402. The number of rotatable bonds is 7. The van der Waals surface area contributed by atoms with E-state index >= 15 is 0 Å². The van der Waals surface area contributed by atoms with Gasteiger partial charge in [0.15, 0.2) is 0 Å². The third kappa shape index (κ3) is 5.06. The molecule has 0 spiro atoms. The predicted octanol–water partition coefficient (Wildman–Crippen LogP) is 1.84. The zero-order valence-corrected chi connectivity index (χ0v) is 14.7. The van der Waals surface area contributed by atoms with Crippen molar-refractivity contribution < 1.29 is 8.42 Å². The number of hydrogen-bond donors (Lipinski definition) is 1. The molecule has 0 aromatic heterocycles. The largest absolute Gasteiger partial charge is 0.317 e. The van der Waals surface area contributed by atoms with Gasteiger partial charge < -0.3 is 5.32 Å². The second kappa shape index (κ2) is 7.72. The second-order valence-corrected chi connectivity index (χ2v) is 8.53. The van der Waals surface area contributed by atoms with Crippen LogP contribution in [0.3, 0.4) is 0 Å². The molecule has 1 saturated heterocycles. The van der Waals surface area contributed by atoms with Gasteiger partial charge in [-0.25, -0.2) is 0 Å². The van der Waals surface area contributed by atoms with Gasteiger partial charge >= 0.3 is 0 Å². The van der Waals surface area contributed by atoms with Crippen molar-refractivity contribution >= 4 is 10.2 Å². The first kappa shape index (κ1) is 18.6. The van der Waals surface area contributed by atoms with E-state index in [1.54, 1.807) is 14.7 Å². The van der Waals surface area contributed by atoms with Crippen LogP contribution >= 0.6 is 0 Å². The lowest BCUT2D eigenvalue weighted by Gasteiger charge is -2.40. The van der Waals surface area contributed by atoms with Gasteiger partial charge in [-0.3, -0.25) is 0 Å². The van der Waals surface area contributed by atoms with Crippen LogP contribution in [0.15, 0.2) is 12.7 Å². The summed E-state index contributed by atoms with van der Waals surface area (Å²) in [4.78, 5) is 0. The second-order valence-electron chi connectivity index (χ2n) is 6.67. The van der Waals surface area contributed by atoms with E-state index in [0.29, 0.717) is 25.6 Å². The molecule has 21 heavy (non-hydrogen) atoms. The molecule has 0 amide bonds. The highest BCUT2D eigenvalue weighted by Gasteiger charge is 2.38. The molecular weight excluding hydrogens is 286 g/mol. The van der Waals surface area contributed by atoms with E-state index in [0.717, 1.165) is 25.9 Å². The van der Waals surface area contributed by atoms with Crippen molar-refractivity contribution in [2.75, 3.05) is 32.7 Å². The third-order valence-corrected chi connectivity index (χ3v) is 6.05. The van der Waals surface area contributed by atoms with Gasteiger partial charge in [-0.1, -0.05) is 13.0 Å². The number of piperidine rings is 1. The highest BCUT2D eigenvalue weighted by atomic mass is 32.2. The molecule has 1 N–H and O–H groups in total. The van der Waals surface area contributed by atoms with Crippen molar-refractivity contribution in [3.05, 3.63) is 12.7 Å². The van der Waals surface area contributed by atoms with Crippen molar-refractivity contribution in [1.29, 1.82) is 0 Å². The minimum absolute atomic E-state index is 0.347. The normalized spacial score (nSPS) is 21.7. The Hall–Kier alpha value is -0.430. The Balaban J connectivity index is 2.86. The lowest BCUT2D eigenvalue weighted by Crippen LogP contribution is -2.54. The summed E-state index contributed by atoms with van der Waals surface area (Å²) < 4.78 is 29.0. The summed E-state index contributed by atoms with van der Waals surface area (Å²) in [6.07, 6.45) is 3.68. The minimum atomic E-state index is -3.43. The summed E-state index contributed by atoms with van der Waals surface area (Å²) in [6.45, 7) is 14.9. The molecule has 5 nitrogen and oxygen atoms in total. The van der Waals surface area contributed by atoms with Gasteiger partial charge in [0.25, 0.3) is 10.2 Å². The topological polar surface area (TPSA) is 52.7 Å². The van der Waals surface area contributed by atoms with Gasteiger partial charge in [0.05, 0.1) is 0 Å². The zero-order valence-electron chi connectivity index (χ0n) is 13.9. The highest BCUT2D eigenvalue weighted by Crippen LogP contribution is 2.25. The Morgan fingerprint density at radius 2 is 2.10 bits per heavy atom. The van der Waals surface area contributed by atoms with E-state index in [1.807, 2.05) is 20.8 Å². The van der Waals surface area contributed by atoms with Crippen LogP contribution in [0.4, 0.5) is 0 Å². The number of nitrogens with one attached hydrogen (secondary N) is 1. The Bertz CT molecular complexity index is 429. The van der Waals surface area contributed by atoms with Gasteiger partial charge in [-0.2, -0.15) is 17.0 Å². The molecule has 124 valence electrons. The highest BCUT2D eigenvalue weighted by molar-refractivity contribution is 7.86. The zero-order chi connectivity index (χ0) is 16.1. The van der Waals surface area contributed by atoms with Gasteiger partial charge in [0.1, 0.15) is 0 Å². The quantitative estimate of drug-likeness (QED) is 0.729. The van der Waals surface area contributed by atoms with E-state index in [2.05, 4.69) is 18.8 Å². The number of nitrogens with zero attached hydrogens (tertiary/aromatic N) is 2. The first-order valence-corrected chi connectivity index (χ1v) is 9.22. The van der Waals surface area contributed by atoms with Crippen LogP contribution in [0, 0.1) is 5.92 Å². The summed E-state index contributed by atoms with van der Waals surface area (Å²) in [6, 6.07) is 0. The maximum Gasteiger partial charge on any atom is 0.282 e. The molecule has 1 aliphatic heterocycles. The molecule has 1 atom stereocenters. The molecule has 0 aromatic carbocycles. The van der Waals surface area contributed by atoms with Crippen LogP contribution in [-0.4, -0.2) is 55.3 Å². The smallest absolute Gasteiger partial charge is 0.282 e. The molecule has 0 bridgehead atoms. The lowest BCUT2D eigenvalue weighted by molar-refractivity contribution is 0.210. The van der Waals surface area contributed by atoms with Crippen molar-refractivity contribution in [3.63, 3.8) is 0 Å². The van der Waals surface area contributed by atoms with E-state index in [9.17, 15) is 8.42 Å². The molecule has 1 aliphatic rings. The first-order chi connectivity index (χ1) is 9.73. The predicted molar refractivity (Wildman–Crippen MR) is 88.4 cm³/mol. The van der Waals surface area contributed by atoms with Crippen molar-refractivity contribution in [1.82, 2.24) is 13.9 Å². The van der Waals surface area contributed by atoms with E-state index < -0.39 is 15.7 Å². The summed E-state index contributed by atoms with van der Waals surface area (Å²) in [5, 5.41) is 3.32. The fraction of sp³-hybridized carbons (Fsp3) is 0.867. The van der Waals surface area contributed by atoms with Crippen molar-refractivity contribution in [2.45, 2.75) is 46.1 Å². The monoisotopic (exact) mass is 317 g/mol. The third-order valence-electron chi connectivity index (χ3n) is 3.81. The molecule has 0 aliphatic carbocycles. The van der Waals surface area contributed by atoms with E-state index in [1.165, 1.54) is 0 Å². The van der Waals surface area contributed by atoms with Crippen LogP contribution in [0.25, 0.3) is 0 Å². The standard InChI is InChI=1S/C15H31N3O2S/c1-6-10-18(15(3,4)5)21(19,20)17-11-8-9-14(13-17)12-16-7-2/h6,14,16H,1,7-13H2,2-5H3. The Morgan fingerprint density at radius 1 is 1.43 bits per heavy atom. The Kier molecular flexibility index (Phi) is 6.84. The Labute approximate surface area is 130 Å². The average molecular weight is 317 g/mol. The fourth-order valence-electron chi connectivity index (χ4n) is 2.72. The first-order valence-electron chi connectivity index (χ1n) is 7.83. The van der Waals surface area contributed by atoms with Crippen LogP contribution in [0.1, 0.15) is 40.5 Å². The van der Waals surface area contributed by atoms with Crippen LogP contribution in [-0.2, 0) is 10.2 Å². The van der Waals surface area contributed by atoms with Crippen molar-refractivity contribution in [3.8, 4) is 0 Å². The molecule has 0 aromatic rings. The minimum Gasteiger partial charge on any atom is -0.317 e. The molecule has 0 radical (unpaired) electrons. The average Bonchev–Trinajstić information content (AvgIpc) is 2.41. The van der Waals surface area contributed by atoms with Crippen LogP contribution in [0.2, 0.25) is 0 Å². The summed E-state index contributed by atoms with van der Waals surface area (Å²) in [5.41, 5.74) is -0.443. The van der Waals surface area contributed by atoms with Gasteiger partial charge in [0.2, 0.25) is 0 Å². The van der Waals surface area contributed by atoms with E-state index in [4.69, 9.17) is 0 Å². The summed E-state index contributed by atoms with van der Waals surface area (Å²) >= 11 is 0. The molecule has 6 heteroatoms. The summed E-state index contributed by atoms with van der Waals surface area (Å²) in [7, 11) is -3.43. The van der Waals surface area contributed by atoms with Crippen molar-refractivity contribution in [2.24, 2.45) is 5.92 Å². The maximum atomic E-state index is 12.9. The number of hydrogen-bond acceptors (Lipinski definition) is 3. The lowest BCUT2D eigenvalue weighted by atomic mass is 10.00. The van der Waals surface area contributed by atoms with Gasteiger partial charge in [-0.15, -0.1) is 6.58 Å². The van der Waals surface area contributed by atoms with Gasteiger partial charge in [-0.05, 0) is 52.6 Å². The SMILES string of the molecule is C=CCN(C(C)(C)C)S(=O)(=O)N1CCCC(CNCC)C1. The molecule has 1 rings (SSSR count). The fourth-order valence-corrected chi connectivity index (χ4v) is 4.75. The molecule has 1 fully saturated rings. The Morgan fingerprint density at radius 3 is 2.62 bits per heavy atom. The van der Waals surface area contributed by atoms with Crippen LogP contribution < -0.4 is 5.32 Å². The molecule has 0 saturated carbocycles. The van der Waals surface area contributed by atoms with Gasteiger partial charge in [0, 0.05) is 25.2 Å².